The molecule has 0 heterocycles. The Labute approximate surface area is 129 Å². The van der Waals surface area contributed by atoms with Gasteiger partial charge < -0.3 is 0 Å². The molecular formula is C14H29F5Si2. The third-order valence-corrected chi connectivity index (χ3v) is 6.55. The van der Waals surface area contributed by atoms with Crippen molar-refractivity contribution in [3.8, 4) is 0 Å². The summed E-state index contributed by atoms with van der Waals surface area (Å²) in [5.74, 6) is 0. The Kier molecular flexibility index (Phi) is 13.8. The second-order valence-corrected chi connectivity index (χ2v) is 9.64. The van der Waals surface area contributed by atoms with E-state index >= 15 is 0 Å². The molecule has 0 N–H and O–H groups in total. The Bertz CT molecular complexity index is 222. The summed E-state index contributed by atoms with van der Waals surface area (Å²) in [6, 6.07) is 2.04. The molecular weight excluding hydrogens is 319 g/mol. The maximum absolute atomic E-state index is 12.0. The molecule has 0 aliphatic rings. The molecule has 0 aromatic carbocycles. The molecule has 0 aliphatic carbocycles. The van der Waals surface area contributed by atoms with E-state index < -0.39 is 21.5 Å². The number of alkyl halides is 2. The van der Waals surface area contributed by atoms with Crippen LogP contribution in [0.15, 0.2) is 0 Å². The van der Waals surface area contributed by atoms with Gasteiger partial charge in [-0.15, -0.1) is 0 Å². The molecule has 0 nitrogen and oxygen atoms in total. The maximum atomic E-state index is 12.0. The van der Waals surface area contributed by atoms with Gasteiger partial charge in [0.15, 0.2) is 0 Å². The molecule has 0 fully saturated rings. The number of halogens is 5. The third-order valence-electron chi connectivity index (χ3n) is 3.63. The highest BCUT2D eigenvalue weighted by molar-refractivity contribution is 6.58. The first-order valence-electron chi connectivity index (χ1n) is 8.27. The van der Waals surface area contributed by atoms with Crippen molar-refractivity contribution in [2.45, 2.75) is 88.8 Å². The van der Waals surface area contributed by atoms with Crippen LogP contribution in [0.1, 0.15) is 64.2 Å². The summed E-state index contributed by atoms with van der Waals surface area (Å²) in [4.78, 5) is 0. The van der Waals surface area contributed by atoms with Crippen molar-refractivity contribution in [2.24, 2.45) is 0 Å². The fourth-order valence-corrected chi connectivity index (χ4v) is 4.81. The van der Waals surface area contributed by atoms with E-state index in [1.54, 1.807) is 0 Å². The molecule has 0 aromatic rings. The largest absolute Gasteiger partial charge is 0.616 e. The van der Waals surface area contributed by atoms with Crippen LogP contribution in [0.4, 0.5) is 21.1 Å². The molecule has 0 atom stereocenters. The van der Waals surface area contributed by atoms with Gasteiger partial charge in [0.05, 0.1) is 0 Å². The van der Waals surface area contributed by atoms with Crippen LogP contribution in [0.3, 0.4) is 0 Å². The van der Waals surface area contributed by atoms with Crippen LogP contribution in [0, 0.1) is 0 Å². The maximum Gasteiger partial charge on any atom is 0.616 e. The molecule has 21 heavy (non-hydrogen) atoms. The van der Waals surface area contributed by atoms with E-state index in [4.69, 9.17) is 0 Å². The normalized spacial score (nSPS) is 12.9. The van der Waals surface area contributed by atoms with Crippen LogP contribution >= 0.6 is 0 Å². The zero-order valence-electron chi connectivity index (χ0n) is 12.9. The monoisotopic (exact) mass is 348 g/mol. The van der Waals surface area contributed by atoms with Gasteiger partial charge in [-0.1, -0.05) is 57.0 Å². The van der Waals surface area contributed by atoms with Crippen LogP contribution in [-0.4, -0.2) is 25.0 Å². The SMILES string of the molecule is FC(F)CCCCCCC[SiH2]CCCCCC[Si](F)(F)F. The molecule has 128 valence electrons. The standard InChI is InChI=1S/C14H29F5Si2/c15-14(16)10-6-2-1-3-7-11-20-12-8-4-5-9-13-21(17,18)19/h14H,1-13,20H2. The van der Waals surface area contributed by atoms with E-state index in [0.717, 1.165) is 38.5 Å². The minimum Gasteiger partial charge on any atom is -0.238 e. The average Bonchev–Trinajstić information content (AvgIpc) is 2.37. The van der Waals surface area contributed by atoms with Gasteiger partial charge in [-0.25, -0.2) is 21.1 Å². The number of hydrogen-bond acceptors (Lipinski definition) is 0. The van der Waals surface area contributed by atoms with Crippen LogP contribution in [-0.2, 0) is 0 Å². The average molecular weight is 349 g/mol. The highest BCUT2D eigenvalue weighted by Crippen LogP contribution is 2.19. The zero-order valence-corrected chi connectivity index (χ0v) is 15.3. The van der Waals surface area contributed by atoms with E-state index in [0.29, 0.717) is 12.8 Å². The van der Waals surface area contributed by atoms with Crippen LogP contribution in [0.2, 0.25) is 18.1 Å². The first-order chi connectivity index (χ1) is 9.92. The van der Waals surface area contributed by atoms with Crippen LogP contribution in [0.5, 0.6) is 0 Å². The number of unbranched alkanes of at least 4 members (excludes halogenated alkanes) is 7. The smallest absolute Gasteiger partial charge is 0.238 e. The van der Waals surface area contributed by atoms with Gasteiger partial charge in [0, 0.05) is 22.0 Å². The summed E-state index contributed by atoms with van der Waals surface area (Å²) < 4.78 is 59.8. The Morgan fingerprint density at radius 2 is 1.14 bits per heavy atom. The van der Waals surface area contributed by atoms with Gasteiger partial charge in [0.25, 0.3) is 0 Å². The van der Waals surface area contributed by atoms with Crippen molar-refractivity contribution >= 4 is 18.6 Å². The summed E-state index contributed by atoms with van der Waals surface area (Å²) in [5, 5.41) is 0. The van der Waals surface area contributed by atoms with Gasteiger partial charge in [0.1, 0.15) is 0 Å². The zero-order chi connectivity index (χ0) is 16.0. The van der Waals surface area contributed by atoms with Gasteiger partial charge in [0.2, 0.25) is 6.43 Å². The lowest BCUT2D eigenvalue weighted by Crippen LogP contribution is -2.13. The first-order valence-corrected chi connectivity index (χ1v) is 12.1. The second-order valence-electron chi connectivity index (χ2n) is 5.79. The number of hydrogen-bond donors (Lipinski definition) is 0. The molecule has 0 radical (unpaired) electrons. The van der Waals surface area contributed by atoms with Crippen LogP contribution < -0.4 is 0 Å². The molecule has 0 saturated heterocycles. The second kappa shape index (κ2) is 13.7. The fourth-order valence-electron chi connectivity index (χ4n) is 2.39. The Hall–Kier alpha value is 0.0838. The molecule has 0 spiro atoms. The van der Waals surface area contributed by atoms with Gasteiger partial charge in [-0.05, 0) is 12.8 Å². The molecule has 0 saturated carbocycles. The third kappa shape index (κ3) is 20.1. The van der Waals surface area contributed by atoms with Crippen molar-refractivity contribution in [1.82, 2.24) is 0 Å². The van der Waals surface area contributed by atoms with Crippen molar-refractivity contribution in [3.05, 3.63) is 0 Å². The lowest BCUT2D eigenvalue weighted by molar-refractivity contribution is 0.133. The molecule has 0 amide bonds. The molecule has 0 aliphatic heterocycles. The van der Waals surface area contributed by atoms with E-state index in [2.05, 4.69) is 0 Å². The quantitative estimate of drug-likeness (QED) is 0.147. The number of rotatable bonds is 15. The summed E-state index contributed by atoms with van der Waals surface area (Å²) in [6.45, 7) is 0. The lowest BCUT2D eigenvalue weighted by atomic mass is 10.1. The summed E-state index contributed by atoms with van der Waals surface area (Å²) in [5.41, 5.74) is 0. The highest BCUT2D eigenvalue weighted by atomic mass is 28.5. The Morgan fingerprint density at radius 3 is 1.67 bits per heavy atom. The molecule has 0 rings (SSSR count). The van der Waals surface area contributed by atoms with Gasteiger partial charge in [-0.2, -0.15) is 0 Å². The van der Waals surface area contributed by atoms with Crippen molar-refractivity contribution in [2.75, 3.05) is 0 Å². The fraction of sp³-hybridized carbons (Fsp3) is 1.00. The molecule has 0 bridgehead atoms. The summed E-state index contributed by atoms with van der Waals surface area (Å²) >= 11 is 0. The van der Waals surface area contributed by atoms with Crippen molar-refractivity contribution in [1.29, 1.82) is 0 Å². The van der Waals surface area contributed by atoms with E-state index in [-0.39, 0.29) is 15.9 Å². The molecule has 0 unspecified atom stereocenters. The van der Waals surface area contributed by atoms with Gasteiger partial charge in [-0.3, -0.25) is 0 Å². The lowest BCUT2D eigenvalue weighted by Gasteiger charge is -2.03. The summed E-state index contributed by atoms with van der Waals surface area (Å²) in [7, 11) is -5.33. The predicted molar refractivity (Wildman–Crippen MR) is 84.2 cm³/mol. The Balaban J connectivity index is 3.03. The van der Waals surface area contributed by atoms with E-state index in [9.17, 15) is 21.1 Å². The molecule has 7 heteroatoms. The highest BCUT2D eigenvalue weighted by Gasteiger charge is 2.35. The van der Waals surface area contributed by atoms with Crippen LogP contribution in [0.25, 0.3) is 0 Å². The predicted octanol–water partition coefficient (Wildman–Crippen LogP) is 6.01. The summed E-state index contributed by atoms with van der Waals surface area (Å²) in [6.07, 6.45) is 5.94. The van der Waals surface area contributed by atoms with E-state index in [1.807, 2.05) is 0 Å². The minimum absolute atomic E-state index is 0.0333. The first kappa shape index (κ1) is 21.1. The minimum atomic E-state index is -5.30. The Morgan fingerprint density at radius 1 is 0.667 bits per heavy atom. The van der Waals surface area contributed by atoms with Crippen molar-refractivity contribution in [3.63, 3.8) is 0 Å². The molecule has 0 aromatic heterocycles. The van der Waals surface area contributed by atoms with Crippen molar-refractivity contribution < 1.29 is 21.1 Å². The topological polar surface area (TPSA) is 0 Å². The van der Waals surface area contributed by atoms with Gasteiger partial charge >= 0.3 is 9.08 Å². The van der Waals surface area contributed by atoms with E-state index in [1.165, 1.54) is 18.5 Å².